The number of rotatable bonds is 7. The highest BCUT2D eigenvalue weighted by molar-refractivity contribution is 5.79. The fourth-order valence-electron chi connectivity index (χ4n) is 2.76. The summed E-state index contributed by atoms with van der Waals surface area (Å²) in [6, 6.07) is 0. The Balaban J connectivity index is 2.29. The number of nitrogens with one attached hydrogen (secondary N) is 1. The number of aliphatic carboxylic acids is 1. The van der Waals surface area contributed by atoms with Crippen molar-refractivity contribution in [1.29, 1.82) is 0 Å². The van der Waals surface area contributed by atoms with Crippen molar-refractivity contribution < 1.29 is 9.90 Å². The van der Waals surface area contributed by atoms with Gasteiger partial charge >= 0.3 is 5.97 Å². The van der Waals surface area contributed by atoms with Crippen molar-refractivity contribution in [2.45, 2.75) is 51.6 Å². The Morgan fingerprint density at radius 1 is 1.63 bits per heavy atom. The van der Waals surface area contributed by atoms with Gasteiger partial charge in [0.05, 0.1) is 6.54 Å². The largest absolute Gasteiger partial charge is 0.480 e. The molecule has 0 saturated heterocycles. The summed E-state index contributed by atoms with van der Waals surface area (Å²) < 4.78 is 1.99. The molecule has 5 heteroatoms. The molecule has 1 fully saturated rings. The number of aromatic nitrogens is 2. The zero-order chi connectivity index (χ0) is 14.0. The molecule has 1 aliphatic carbocycles. The van der Waals surface area contributed by atoms with E-state index in [1.165, 1.54) is 0 Å². The van der Waals surface area contributed by atoms with Crippen LogP contribution < -0.4 is 5.32 Å². The van der Waals surface area contributed by atoms with Gasteiger partial charge in [-0.1, -0.05) is 20.8 Å². The number of carboxylic acid groups (broad SMARTS) is 1. The maximum absolute atomic E-state index is 11.8. The Labute approximate surface area is 114 Å². The number of hydrogen-bond donors (Lipinski definition) is 2. The molecule has 1 saturated carbocycles. The predicted octanol–water partition coefficient (Wildman–Crippen LogP) is 1.85. The van der Waals surface area contributed by atoms with Gasteiger partial charge < -0.3 is 15.0 Å². The summed E-state index contributed by atoms with van der Waals surface area (Å²) in [5.74, 6) is 0.721. The van der Waals surface area contributed by atoms with Gasteiger partial charge in [0, 0.05) is 18.3 Å². The van der Waals surface area contributed by atoms with E-state index in [-0.39, 0.29) is 5.92 Å². The smallest absolute Gasteiger partial charge is 0.326 e. The highest BCUT2D eigenvalue weighted by atomic mass is 16.4. The van der Waals surface area contributed by atoms with Gasteiger partial charge in [-0.3, -0.25) is 4.79 Å². The Kier molecular flexibility index (Phi) is 3.94. The lowest BCUT2D eigenvalue weighted by atomic mass is 9.92. The van der Waals surface area contributed by atoms with Gasteiger partial charge in [-0.2, -0.15) is 0 Å². The average Bonchev–Trinajstić information content (AvgIpc) is 3.09. The molecular formula is C14H23N3O2. The molecule has 106 valence electrons. The number of nitrogens with zero attached hydrogens (tertiary/aromatic N) is 2. The third kappa shape index (κ3) is 2.66. The van der Waals surface area contributed by atoms with Gasteiger partial charge in [0.15, 0.2) is 0 Å². The fraction of sp³-hybridized carbons (Fsp3) is 0.714. The minimum Gasteiger partial charge on any atom is -0.480 e. The van der Waals surface area contributed by atoms with Crippen LogP contribution in [0, 0.1) is 5.92 Å². The van der Waals surface area contributed by atoms with Crippen molar-refractivity contribution in [3.8, 4) is 0 Å². The van der Waals surface area contributed by atoms with Crippen molar-refractivity contribution >= 4 is 5.97 Å². The maximum atomic E-state index is 11.8. The lowest BCUT2D eigenvalue weighted by molar-refractivity contribution is -0.146. The zero-order valence-corrected chi connectivity index (χ0v) is 11.9. The molecule has 2 N–H and O–H groups in total. The normalized spacial score (nSPS) is 18.5. The molecule has 1 aliphatic rings. The van der Waals surface area contributed by atoms with Crippen LogP contribution in [-0.2, 0) is 11.3 Å². The van der Waals surface area contributed by atoms with Crippen LogP contribution in [0.15, 0.2) is 12.4 Å². The molecule has 19 heavy (non-hydrogen) atoms. The first-order valence-corrected chi connectivity index (χ1v) is 7.00. The minimum absolute atomic E-state index is 0.229. The Morgan fingerprint density at radius 2 is 2.32 bits per heavy atom. The van der Waals surface area contributed by atoms with Gasteiger partial charge in [0.25, 0.3) is 0 Å². The summed E-state index contributed by atoms with van der Waals surface area (Å²) >= 11 is 0. The second-order valence-corrected chi connectivity index (χ2v) is 5.65. The Hall–Kier alpha value is -1.36. The third-order valence-corrected chi connectivity index (χ3v) is 3.83. The summed E-state index contributed by atoms with van der Waals surface area (Å²) in [6.45, 7) is 7.22. The van der Waals surface area contributed by atoms with Gasteiger partial charge in [0.2, 0.25) is 0 Å². The molecule has 1 aromatic rings. The molecule has 1 aromatic heterocycles. The third-order valence-electron chi connectivity index (χ3n) is 3.83. The molecule has 0 amide bonds. The number of carboxylic acids is 1. The molecule has 0 spiro atoms. The van der Waals surface area contributed by atoms with Crippen molar-refractivity contribution in [2.24, 2.45) is 5.92 Å². The van der Waals surface area contributed by atoms with E-state index in [2.05, 4.69) is 24.1 Å². The van der Waals surface area contributed by atoms with Crippen LogP contribution in [0.1, 0.15) is 45.4 Å². The van der Waals surface area contributed by atoms with E-state index >= 15 is 0 Å². The Morgan fingerprint density at radius 3 is 2.79 bits per heavy atom. The van der Waals surface area contributed by atoms with E-state index in [9.17, 15) is 9.90 Å². The van der Waals surface area contributed by atoms with E-state index in [0.717, 1.165) is 18.7 Å². The van der Waals surface area contributed by atoms with Crippen molar-refractivity contribution in [3.05, 3.63) is 18.2 Å². The van der Waals surface area contributed by atoms with Crippen LogP contribution in [0.5, 0.6) is 0 Å². The molecule has 1 atom stereocenters. The molecule has 0 radical (unpaired) electrons. The van der Waals surface area contributed by atoms with Crippen LogP contribution in [0.3, 0.4) is 0 Å². The molecule has 5 nitrogen and oxygen atoms in total. The zero-order valence-electron chi connectivity index (χ0n) is 11.9. The highest BCUT2D eigenvalue weighted by Gasteiger charge is 2.51. The maximum Gasteiger partial charge on any atom is 0.326 e. The van der Waals surface area contributed by atoms with E-state index in [4.69, 9.17) is 0 Å². The molecule has 0 bridgehead atoms. The predicted molar refractivity (Wildman–Crippen MR) is 73.1 cm³/mol. The van der Waals surface area contributed by atoms with Crippen LogP contribution in [-0.4, -0.2) is 32.7 Å². The number of imidazole rings is 1. The molecule has 0 aliphatic heterocycles. The topological polar surface area (TPSA) is 67.2 Å². The second kappa shape index (κ2) is 5.33. The first kappa shape index (κ1) is 14.1. The minimum atomic E-state index is -0.848. The summed E-state index contributed by atoms with van der Waals surface area (Å²) in [6.07, 6.45) is 5.61. The lowest BCUT2D eigenvalue weighted by Crippen LogP contribution is -2.57. The molecular weight excluding hydrogens is 242 g/mol. The van der Waals surface area contributed by atoms with Gasteiger partial charge in [0.1, 0.15) is 11.4 Å². The van der Waals surface area contributed by atoms with Crippen LogP contribution in [0.2, 0.25) is 0 Å². The van der Waals surface area contributed by atoms with Crippen LogP contribution >= 0.6 is 0 Å². The highest BCUT2D eigenvalue weighted by Crippen LogP contribution is 2.41. The number of likely N-dealkylation sites (N-methyl/N-ethyl adjacent to an activating group) is 1. The first-order chi connectivity index (χ1) is 9.01. The first-order valence-electron chi connectivity index (χ1n) is 7.00. The van der Waals surface area contributed by atoms with Crippen LogP contribution in [0.25, 0.3) is 0 Å². The lowest BCUT2D eigenvalue weighted by Gasteiger charge is -2.31. The summed E-state index contributed by atoms with van der Waals surface area (Å²) in [7, 11) is 0. The average molecular weight is 265 g/mol. The summed E-state index contributed by atoms with van der Waals surface area (Å²) in [5, 5.41) is 12.9. The van der Waals surface area contributed by atoms with Crippen molar-refractivity contribution in [3.63, 3.8) is 0 Å². The van der Waals surface area contributed by atoms with E-state index in [1.54, 1.807) is 6.20 Å². The van der Waals surface area contributed by atoms with Crippen molar-refractivity contribution in [1.82, 2.24) is 14.9 Å². The fourth-order valence-corrected chi connectivity index (χ4v) is 2.76. The quantitative estimate of drug-likeness (QED) is 0.789. The molecule has 0 aromatic carbocycles. The van der Waals surface area contributed by atoms with Gasteiger partial charge in [-0.25, -0.2) is 4.98 Å². The number of carbonyl (C=O) groups is 1. The molecule has 2 rings (SSSR count). The molecule has 1 unspecified atom stereocenters. The number of hydrogen-bond acceptors (Lipinski definition) is 3. The van der Waals surface area contributed by atoms with Gasteiger partial charge in [-0.05, 0) is 25.3 Å². The van der Waals surface area contributed by atoms with E-state index in [0.29, 0.717) is 19.0 Å². The van der Waals surface area contributed by atoms with E-state index < -0.39 is 11.5 Å². The monoisotopic (exact) mass is 265 g/mol. The summed E-state index contributed by atoms with van der Waals surface area (Å²) in [5.41, 5.74) is -0.848. The summed E-state index contributed by atoms with van der Waals surface area (Å²) in [4.78, 5) is 16.1. The second-order valence-electron chi connectivity index (χ2n) is 5.65. The van der Waals surface area contributed by atoms with Gasteiger partial charge in [-0.15, -0.1) is 0 Å². The standard InChI is InChI=1S/C14H23N3O2/c1-4-16-14(13(18)19,11-5-6-11)9-17-8-7-15-12(17)10(2)3/h7-8,10-11,16H,4-6,9H2,1-3H3,(H,18,19). The SMILES string of the molecule is CCNC(Cn1ccnc1C(C)C)(C(=O)O)C1CC1. The Bertz CT molecular complexity index is 451. The van der Waals surface area contributed by atoms with Crippen molar-refractivity contribution in [2.75, 3.05) is 6.54 Å². The van der Waals surface area contributed by atoms with Crippen LogP contribution in [0.4, 0.5) is 0 Å². The molecule has 1 heterocycles. The van der Waals surface area contributed by atoms with E-state index in [1.807, 2.05) is 17.7 Å².